The smallest absolute Gasteiger partial charge is 0.0687 e. The van der Waals surface area contributed by atoms with Crippen LogP contribution in [-0.4, -0.2) is 10.2 Å². The van der Waals surface area contributed by atoms with Crippen molar-refractivity contribution in [3.8, 4) is 0 Å². The standard InChI is InChI=1S/C6H9N2/c1-5(2)6-3-4-7-8-6/h3-4H,1-2H3,(H,7,8). The Kier molecular flexibility index (Phi) is 1.33. The van der Waals surface area contributed by atoms with Crippen LogP contribution >= 0.6 is 0 Å². The minimum Gasteiger partial charge on any atom is -0.285 e. The van der Waals surface area contributed by atoms with E-state index in [-0.39, 0.29) is 0 Å². The zero-order valence-electron chi connectivity index (χ0n) is 5.10. The van der Waals surface area contributed by atoms with E-state index in [2.05, 4.69) is 10.2 Å². The van der Waals surface area contributed by atoms with Gasteiger partial charge in [-0.05, 0) is 6.07 Å². The summed E-state index contributed by atoms with van der Waals surface area (Å²) in [6.07, 6.45) is 1.82. The molecule has 0 saturated carbocycles. The van der Waals surface area contributed by atoms with Crippen LogP contribution in [0.1, 0.15) is 19.5 Å². The Hall–Kier alpha value is -0.790. The third-order valence-corrected chi connectivity index (χ3v) is 1.01. The summed E-state index contributed by atoms with van der Waals surface area (Å²) in [6.45, 7) is 4.08. The van der Waals surface area contributed by atoms with Gasteiger partial charge in [0, 0.05) is 12.1 Å². The predicted octanol–water partition coefficient (Wildman–Crippen LogP) is 1.37. The maximum Gasteiger partial charge on any atom is 0.0687 e. The van der Waals surface area contributed by atoms with Crippen LogP contribution < -0.4 is 0 Å². The van der Waals surface area contributed by atoms with Gasteiger partial charge >= 0.3 is 0 Å². The summed E-state index contributed by atoms with van der Waals surface area (Å²) >= 11 is 0. The van der Waals surface area contributed by atoms with Gasteiger partial charge in [-0.25, -0.2) is 0 Å². The molecule has 0 aliphatic heterocycles. The molecular weight excluding hydrogens is 100 g/mol. The van der Waals surface area contributed by atoms with E-state index in [0.29, 0.717) is 0 Å². The zero-order chi connectivity index (χ0) is 5.98. The van der Waals surface area contributed by atoms with E-state index in [1.165, 1.54) is 5.92 Å². The first-order valence-corrected chi connectivity index (χ1v) is 2.61. The Morgan fingerprint density at radius 3 is 2.62 bits per heavy atom. The zero-order valence-corrected chi connectivity index (χ0v) is 5.10. The van der Waals surface area contributed by atoms with Crippen molar-refractivity contribution in [3.63, 3.8) is 0 Å². The molecule has 1 radical (unpaired) electrons. The Morgan fingerprint density at radius 2 is 2.38 bits per heavy atom. The highest BCUT2D eigenvalue weighted by molar-refractivity contribution is 5.15. The van der Waals surface area contributed by atoms with Gasteiger partial charge in [0.25, 0.3) is 0 Å². The Balaban J connectivity index is 2.77. The molecule has 0 fully saturated rings. The van der Waals surface area contributed by atoms with Crippen molar-refractivity contribution in [2.45, 2.75) is 13.8 Å². The van der Waals surface area contributed by atoms with Gasteiger partial charge in [-0.2, -0.15) is 5.10 Å². The fourth-order valence-electron chi connectivity index (χ4n) is 0.539. The molecule has 1 aromatic rings. The monoisotopic (exact) mass is 109 g/mol. The van der Waals surface area contributed by atoms with Crippen LogP contribution in [0.3, 0.4) is 0 Å². The molecule has 0 aliphatic carbocycles. The molecule has 1 aromatic heterocycles. The van der Waals surface area contributed by atoms with Crippen LogP contribution in [0, 0.1) is 5.92 Å². The lowest BCUT2D eigenvalue weighted by Crippen LogP contribution is -1.86. The summed E-state index contributed by atoms with van der Waals surface area (Å²) in [5, 5.41) is 6.69. The minimum atomic E-state index is 1.05. The Morgan fingerprint density at radius 1 is 1.62 bits per heavy atom. The molecule has 0 amide bonds. The highest BCUT2D eigenvalue weighted by atomic mass is 15.1. The average molecular weight is 109 g/mol. The maximum absolute atomic E-state index is 3.95. The normalized spacial score (nSPS) is 10.4. The third kappa shape index (κ3) is 0.886. The second-order valence-corrected chi connectivity index (χ2v) is 1.96. The summed E-state index contributed by atoms with van der Waals surface area (Å²) in [7, 11) is 0. The Bertz CT molecular complexity index is 142. The number of H-pyrrole nitrogens is 1. The lowest BCUT2D eigenvalue weighted by Gasteiger charge is -1.93. The SMILES string of the molecule is C[C](C)c1cc[nH]n1. The van der Waals surface area contributed by atoms with Gasteiger partial charge in [-0.15, -0.1) is 0 Å². The van der Waals surface area contributed by atoms with Gasteiger partial charge in [0.1, 0.15) is 0 Å². The van der Waals surface area contributed by atoms with E-state index in [1.54, 1.807) is 0 Å². The molecule has 0 aliphatic rings. The van der Waals surface area contributed by atoms with Crippen LogP contribution in [-0.2, 0) is 0 Å². The molecule has 0 unspecified atom stereocenters. The number of aromatic nitrogens is 2. The maximum atomic E-state index is 3.95. The Labute approximate surface area is 48.9 Å². The largest absolute Gasteiger partial charge is 0.285 e. The quantitative estimate of drug-likeness (QED) is 0.579. The molecule has 8 heavy (non-hydrogen) atoms. The second kappa shape index (κ2) is 1.99. The minimum absolute atomic E-state index is 1.05. The fourth-order valence-corrected chi connectivity index (χ4v) is 0.539. The molecule has 0 spiro atoms. The van der Waals surface area contributed by atoms with Gasteiger partial charge < -0.3 is 0 Å². The molecule has 2 nitrogen and oxygen atoms in total. The summed E-state index contributed by atoms with van der Waals surface area (Å²) in [6, 6.07) is 1.95. The highest BCUT2D eigenvalue weighted by Gasteiger charge is 1.97. The van der Waals surface area contributed by atoms with Crippen molar-refractivity contribution in [1.82, 2.24) is 10.2 Å². The van der Waals surface area contributed by atoms with Crippen molar-refractivity contribution in [3.05, 3.63) is 23.9 Å². The number of nitrogens with zero attached hydrogens (tertiary/aromatic N) is 1. The molecule has 0 bridgehead atoms. The van der Waals surface area contributed by atoms with Crippen LogP contribution in [0.5, 0.6) is 0 Å². The number of rotatable bonds is 1. The van der Waals surface area contributed by atoms with Crippen LogP contribution in [0.2, 0.25) is 0 Å². The van der Waals surface area contributed by atoms with Gasteiger partial charge in [0.2, 0.25) is 0 Å². The summed E-state index contributed by atoms with van der Waals surface area (Å²) in [5.41, 5.74) is 1.05. The van der Waals surface area contributed by atoms with Crippen LogP contribution in [0.25, 0.3) is 0 Å². The van der Waals surface area contributed by atoms with Gasteiger partial charge in [-0.3, -0.25) is 5.10 Å². The van der Waals surface area contributed by atoms with Gasteiger partial charge in [0.15, 0.2) is 0 Å². The topological polar surface area (TPSA) is 28.7 Å². The van der Waals surface area contributed by atoms with E-state index in [0.717, 1.165) is 5.69 Å². The summed E-state index contributed by atoms with van der Waals surface area (Å²) in [5.74, 6) is 1.24. The first-order valence-electron chi connectivity index (χ1n) is 2.61. The molecule has 2 heteroatoms. The van der Waals surface area contributed by atoms with Crippen molar-refractivity contribution in [2.75, 3.05) is 0 Å². The fraction of sp³-hybridized carbons (Fsp3) is 0.333. The van der Waals surface area contributed by atoms with Crippen LogP contribution in [0.4, 0.5) is 0 Å². The first-order chi connectivity index (χ1) is 3.80. The van der Waals surface area contributed by atoms with E-state index < -0.39 is 0 Å². The van der Waals surface area contributed by atoms with Crippen molar-refractivity contribution >= 4 is 0 Å². The van der Waals surface area contributed by atoms with E-state index >= 15 is 0 Å². The molecule has 1 heterocycles. The number of nitrogens with one attached hydrogen (secondary N) is 1. The summed E-state index contributed by atoms with van der Waals surface area (Å²) in [4.78, 5) is 0. The summed E-state index contributed by atoms with van der Waals surface area (Å²) < 4.78 is 0. The number of hydrogen-bond donors (Lipinski definition) is 1. The van der Waals surface area contributed by atoms with Crippen molar-refractivity contribution in [1.29, 1.82) is 0 Å². The molecule has 0 saturated heterocycles. The highest BCUT2D eigenvalue weighted by Crippen LogP contribution is 2.06. The molecule has 1 rings (SSSR count). The molecular formula is C6H9N2. The van der Waals surface area contributed by atoms with Gasteiger partial charge in [-0.1, -0.05) is 13.8 Å². The lowest BCUT2D eigenvalue weighted by molar-refractivity contribution is 0.992. The lowest BCUT2D eigenvalue weighted by atomic mass is 10.1. The van der Waals surface area contributed by atoms with Crippen molar-refractivity contribution < 1.29 is 0 Å². The first kappa shape index (κ1) is 5.35. The van der Waals surface area contributed by atoms with Gasteiger partial charge in [0.05, 0.1) is 5.69 Å². The van der Waals surface area contributed by atoms with E-state index in [4.69, 9.17) is 0 Å². The molecule has 0 atom stereocenters. The average Bonchev–Trinajstić information content (AvgIpc) is 2.12. The van der Waals surface area contributed by atoms with Crippen LogP contribution in [0.15, 0.2) is 12.3 Å². The number of aromatic amines is 1. The molecule has 1 N–H and O–H groups in total. The molecule has 43 valence electrons. The van der Waals surface area contributed by atoms with E-state index in [1.807, 2.05) is 26.1 Å². The molecule has 0 aromatic carbocycles. The predicted molar refractivity (Wildman–Crippen MR) is 32.3 cm³/mol. The third-order valence-electron chi connectivity index (χ3n) is 1.01. The van der Waals surface area contributed by atoms with Crippen molar-refractivity contribution in [2.24, 2.45) is 0 Å². The second-order valence-electron chi connectivity index (χ2n) is 1.96. The van der Waals surface area contributed by atoms with E-state index in [9.17, 15) is 0 Å². The number of hydrogen-bond acceptors (Lipinski definition) is 1.